The number of hydrogen-bond donors (Lipinski definition) is 2. The maximum atomic E-state index is 5.71. The first-order valence-corrected chi connectivity index (χ1v) is 4.22. The zero-order valence-electron chi connectivity index (χ0n) is 7.25. The predicted molar refractivity (Wildman–Crippen MR) is 50.2 cm³/mol. The summed E-state index contributed by atoms with van der Waals surface area (Å²) in [6.45, 7) is 2.85. The minimum atomic E-state index is 0.339. The molecule has 0 fully saturated rings. The molecule has 1 aromatic rings. The van der Waals surface area contributed by atoms with Crippen molar-refractivity contribution in [1.82, 2.24) is 9.97 Å². The lowest BCUT2D eigenvalue weighted by molar-refractivity contribution is 0.128. The highest BCUT2D eigenvalue weighted by molar-refractivity contribution is 6.29. The third-order valence-electron chi connectivity index (χ3n) is 1.32. The number of nitrogen functional groups attached to an aromatic ring is 1. The lowest BCUT2D eigenvalue weighted by atomic mass is 10.5. The highest BCUT2D eigenvalue weighted by Gasteiger charge is 2.01. The summed E-state index contributed by atoms with van der Waals surface area (Å²) < 4.78 is 5.12. The van der Waals surface area contributed by atoms with Crippen molar-refractivity contribution in [2.45, 2.75) is 13.5 Å². The Balaban J connectivity index is 2.76. The van der Waals surface area contributed by atoms with Gasteiger partial charge in [-0.15, -0.1) is 0 Å². The third kappa shape index (κ3) is 3.14. The molecule has 72 valence electrons. The van der Waals surface area contributed by atoms with Crippen LogP contribution in [0.2, 0.25) is 5.15 Å². The van der Waals surface area contributed by atoms with Crippen LogP contribution in [0.3, 0.4) is 0 Å². The molecule has 0 saturated carbocycles. The molecule has 0 aliphatic carbocycles. The van der Waals surface area contributed by atoms with Gasteiger partial charge in [-0.2, -0.15) is 0 Å². The van der Waals surface area contributed by atoms with Gasteiger partial charge in [0.1, 0.15) is 17.6 Å². The van der Waals surface area contributed by atoms with Crippen LogP contribution in [0.5, 0.6) is 0 Å². The Kier molecular flexibility index (Phi) is 3.88. The average molecular weight is 203 g/mol. The van der Waals surface area contributed by atoms with E-state index in [1.807, 2.05) is 6.92 Å². The van der Waals surface area contributed by atoms with Gasteiger partial charge in [-0.3, -0.25) is 0 Å². The third-order valence-corrected chi connectivity index (χ3v) is 1.52. The summed E-state index contributed by atoms with van der Waals surface area (Å²) in [5.74, 6) is 6.17. The molecule has 5 nitrogen and oxygen atoms in total. The second-order valence-electron chi connectivity index (χ2n) is 2.27. The van der Waals surface area contributed by atoms with Crippen molar-refractivity contribution in [1.29, 1.82) is 0 Å². The van der Waals surface area contributed by atoms with E-state index in [4.69, 9.17) is 22.2 Å². The summed E-state index contributed by atoms with van der Waals surface area (Å²) in [6, 6.07) is 1.54. The second-order valence-corrected chi connectivity index (χ2v) is 2.66. The first kappa shape index (κ1) is 10.2. The Morgan fingerprint density at radius 3 is 3.00 bits per heavy atom. The molecule has 0 atom stereocenters. The van der Waals surface area contributed by atoms with Crippen LogP contribution >= 0.6 is 11.6 Å². The number of ether oxygens (including phenoxy) is 1. The molecule has 0 spiro atoms. The molecule has 1 heterocycles. The highest BCUT2D eigenvalue weighted by atomic mass is 35.5. The van der Waals surface area contributed by atoms with E-state index in [0.29, 0.717) is 30.0 Å². The molecule has 0 saturated heterocycles. The molecule has 1 aromatic heterocycles. The van der Waals surface area contributed by atoms with E-state index >= 15 is 0 Å². The van der Waals surface area contributed by atoms with Crippen molar-refractivity contribution in [2.75, 3.05) is 12.0 Å². The number of hydrazine groups is 1. The largest absolute Gasteiger partial charge is 0.374 e. The predicted octanol–water partition coefficient (Wildman–Crippen LogP) is 0.952. The Labute approximate surface area is 81.2 Å². The summed E-state index contributed by atoms with van der Waals surface area (Å²) in [6.07, 6.45) is 0. The Morgan fingerprint density at radius 1 is 1.62 bits per heavy atom. The van der Waals surface area contributed by atoms with Crippen LogP contribution in [-0.4, -0.2) is 16.6 Å². The van der Waals surface area contributed by atoms with Crippen molar-refractivity contribution in [3.8, 4) is 0 Å². The zero-order chi connectivity index (χ0) is 9.68. The van der Waals surface area contributed by atoms with Crippen molar-refractivity contribution in [3.05, 3.63) is 17.0 Å². The number of rotatable bonds is 4. The average Bonchev–Trinajstić information content (AvgIpc) is 2.14. The van der Waals surface area contributed by atoms with Crippen LogP contribution < -0.4 is 11.3 Å². The summed E-state index contributed by atoms with van der Waals surface area (Å²) in [5.41, 5.74) is 2.39. The van der Waals surface area contributed by atoms with Crippen LogP contribution in [0.1, 0.15) is 12.7 Å². The molecule has 0 bridgehead atoms. The number of nitrogens with one attached hydrogen (secondary N) is 1. The van der Waals surface area contributed by atoms with Crippen LogP contribution in [-0.2, 0) is 11.3 Å². The van der Waals surface area contributed by atoms with Gasteiger partial charge in [-0.05, 0) is 6.92 Å². The number of halogens is 1. The van der Waals surface area contributed by atoms with E-state index in [1.54, 1.807) is 0 Å². The number of anilines is 1. The molecule has 0 aromatic carbocycles. The van der Waals surface area contributed by atoms with E-state index in [2.05, 4.69) is 15.4 Å². The van der Waals surface area contributed by atoms with Crippen molar-refractivity contribution >= 4 is 17.4 Å². The Hall–Kier alpha value is -0.910. The molecule has 0 radical (unpaired) electrons. The van der Waals surface area contributed by atoms with Crippen LogP contribution in [0.25, 0.3) is 0 Å². The molecule has 0 amide bonds. The summed E-state index contributed by atoms with van der Waals surface area (Å²) in [4.78, 5) is 7.99. The summed E-state index contributed by atoms with van der Waals surface area (Å²) in [7, 11) is 0. The minimum Gasteiger partial charge on any atom is -0.374 e. The topological polar surface area (TPSA) is 73.1 Å². The van der Waals surface area contributed by atoms with Gasteiger partial charge < -0.3 is 10.2 Å². The number of aromatic nitrogens is 2. The molecule has 3 N–H and O–H groups in total. The monoisotopic (exact) mass is 202 g/mol. The number of nitrogens with two attached hydrogens (primary N) is 1. The molecule has 13 heavy (non-hydrogen) atoms. The molecule has 1 rings (SSSR count). The van der Waals surface area contributed by atoms with Crippen LogP contribution in [0.4, 0.5) is 5.82 Å². The molecular formula is C7H11ClN4O. The lowest BCUT2D eigenvalue weighted by Crippen LogP contribution is -2.10. The summed E-state index contributed by atoms with van der Waals surface area (Å²) >= 11 is 5.71. The van der Waals surface area contributed by atoms with Gasteiger partial charge in [0.2, 0.25) is 0 Å². The minimum absolute atomic E-state index is 0.339. The summed E-state index contributed by atoms with van der Waals surface area (Å²) in [5, 5.41) is 0.345. The molecular weight excluding hydrogens is 192 g/mol. The standard InChI is InChI=1S/C7H11ClN4O/c1-2-13-4-7-10-5(8)3-6(11-7)12-9/h3H,2,4,9H2,1H3,(H,10,11,12). The first-order chi connectivity index (χ1) is 6.26. The fourth-order valence-electron chi connectivity index (χ4n) is 0.797. The molecule has 6 heteroatoms. The Morgan fingerprint density at radius 2 is 2.38 bits per heavy atom. The van der Waals surface area contributed by atoms with Gasteiger partial charge in [-0.1, -0.05) is 11.6 Å². The lowest BCUT2D eigenvalue weighted by Gasteiger charge is -2.03. The van der Waals surface area contributed by atoms with Crippen molar-refractivity contribution < 1.29 is 4.74 Å². The van der Waals surface area contributed by atoms with Gasteiger partial charge in [-0.25, -0.2) is 15.8 Å². The van der Waals surface area contributed by atoms with E-state index in [1.165, 1.54) is 6.07 Å². The fourth-order valence-corrected chi connectivity index (χ4v) is 0.997. The molecule has 0 aliphatic rings. The quantitative estimate of drug-likeness (QED) is 0.432. The van der Waals surface area contributed by atoms with E-state index in [-0.39, 0.29) is 0 Å². The van der Waals surface area contributed by atoms with Crippen molar-refractivity contribution in [2.24, 2.45) is 5.84 Å². The van der Waals surface area contributed by atoms with Crippen LogP contribution in [0, 0.1) is 0 Å². The SMILES string of the molecule is CCOCc1nc(Cl)cc(NN)n1. The van der Waals surface area contributed by atoms with E-state index in [9.17, 15) is 0 Å². The Bertz CT molecular complexity index is 281. The van der Waals surface area contributed by atoms with Crippen LogP contribution in [0.15, 0.2) is 6.07 Å². The zero-order valence-corrected chi connectivity index (χ0v) is 8.01. The van der Waals surface area contributed by atoms with Gasteiger partial charge in [0.05, 0.1) is 0 Å². The van der Waals surface area contributed by atoms with Gasteiger partial charge in [0, 0.05) is 12.7 Å². The van der Waals surface area contributed by atoms with Crippen molar-refractivity contribution in [3.63, 3.8) is 0 Å². The maximum Gasteiger partial charge on any atom is 0.158 e. The molecule has 0 aliphatic heterocycles. The normalized spacial score (nSPS) is 10.1. The van der Waals surface area contributed by atoms with E-state index < -0.39 is 0 Å². The molecule has 0 unspecified atom stereocenters. The number of hydrogen-bond acceptors (Lipinski definition) is 5. The van der Waals surface area contributed by atoms with Gasteiger partial charge >= 0.3 is 0 Å². The van der Waals surface area contributed by atoms with E-state index in [0.717, 1.165) is 0 Å². The fraction of sp³-hybridized carbons (Fsp3) is 0.429. The highest BCUT2D eigenvalue weighted by Crippen LogP contribution is 2.10. The second kappa shape index (κ2) is 4.96. The number of nitrogens with zero attached hydrogens (tertiary/aromatic N) is 2. The van der Waals surface area contributed by atoms with Gasteiger partial charge in [0.25, 0.3) is 0 Å². The van der Waals surface area contributed by atoms with Gasteiger partial charge in [0.15, 0.2) is 5.82 Å². The smallest absolute Gasteiger partial charge is 0.158 e. The first-order valence-electron chi connectivity index (χ1n) is 3.84. The maximum absolute atomic E-state index is 5.71.